The standard InChI is InChI=1S/C13H20O5/c1-4-15-8-17-11-6-10(3)7-12(13(11)14)18-9-16-5-2/h6-7,14H,4-5,8-9H2,1-3H3. The number of aromatic hydroxyl groups is 1. The largest absolute Gasteiger partial charge is 0.502 e. The van der Waals surface area contributed by atoms with Gasteiger partial charge in [-0.1, -0.05) is 0 Å². The minimum absolute atomic E-state index is 0.0417. The Kier molecular flexibility index (Phi) is 6.32. The van der Waals surface area contributed by atoms with Gasteiger partial charge in [0.25, 0.3) is 0 Å². The highest BCUT2D eigenvalue weighted by Crippen LogP contribution is 2.37. The maximum Gasteiger partial charge on any atom is 0.201 e. The highest BCUT2D eigenvalue weighted by atomic mass is 16.7. The fourth-order valence-electron chi connectivity index (χ4n) is 1.31. The third kappa shape index (κ3) is 4.43. The number of phenols is 1. The first-order chi connectivity index (χ1) is 8.69. The van der Waals surface area contributed by atoms with Crippen LogP contribution < -0.4 is 9.47 Å². The highest BCUT2D eigenvalue weighted by molar-refractivity contribution is 5.52. The van der Waals surface area contributed by atoms with Crippen LogP contribution in [0.3, 0.4) is 0 Å². The molecule has 18 heavy (non-hydrogen) atoms. The lowest BCUT2D eigenvalue weighted by Gasteiger charge is -2.13. The van der Waals surface area contributed by atoms with Gasteiger partial charge in [-0.15, -0.1) is 0 Å². The van der Waals surface area contributed by atoms with Crippen molar-refractivity contribution in [3.63, 3.8) is 0 Å². The molecule has 5 nitrogen and oxygen atoms in total. The van der Waals surface area contributed by atoms with Gasteiger partial charge in [0.15, 0.2) is 25.1 Å². The first kappa shape index (κ1) is 14.6. The molecular weight excluding hydrogens is 236 g/mol. The van der Waals surface area contributed by atoms with Gasteiger partial charge < -0.3 is 24.1 Å². The first-order valence-electron chi connectivity index (χ1n) is 5.93. The molecule has 0 atom stereocenters. The quantitative estimate of drug-likeness (QED) is 0.572. The molecule has 0 fully saturated rings. The number of aryl methyl sites for hydroxylation is 1. The van der Waals surface area contributed by atoms with Gasteiger partial charge in [0, 0.05) is 13.2 Å². The zero-order valence-electron chi connectivity index (χ0n) is 11.1. The van der Waals surface area contributed by atoms with E-state index in [1.807, 2.05) is 20.8 Å². The van der Waals surface area contributed by atoms with E-state index in [0.717, 1.165) is 5.56 Å². The van der Waals surface area contributed by atoms with Crippen molar-refractivity contribution in [2.45, 2.75) is 20.8 Å². The fraction of sp³-hybridized carbons (Fsp3) is 0.538. The molecule has 0 heterocycles. The van der Waals surface area contributed by atoms with Crippen molar-refractivity contribution in [3.8, 4) is 17.2 Å². The Labute approximate surface area is 107 Å². The number of phenolic OH excluding ortho intramolecular Hbond substituents is 1. The summed E-state index contributed by atoms with van der Waals surface area (Å²) in [7, 11) is 0. The SMILES string of the molecule is CCOCOc1cc(C)cc(OCOCC)c1O. The number of ether oxygens (including phenoxy) is 4. The Bertz CT molecular complexity index is 333. The van der Waals surface area contributed by atoms with E-state index in [4.69, 9.17) is 18.9 Å². The molecule has 1 aromatic carbocycles. The molecule has 5 heteroatoms. The summed E-state index contributed by atoms with van der Waals surface area (Å²) in [5, 5.41) is 9.95. The molecule has 0 bridgehead atoms. The molecule has 1 aromatic rings. The van der Waals surface area contributed by atoms with Crippen LogP contribution in [0.25, 0.3) is 0 Å². The van der Waals surface area contributed by atoms with E-state index in [-0.39, 0.29) is 19.3 Å². The first-order valence-corrected chi connectivity index (χ1v) is 5.93. The lowest BCUT2D eigenvalue weighted by Crippen LogP contribution is -2.05. The molecule has 102 valence electrons. The zero-order valence-corrected chi connectivity index (χ0v) is 11.1. The van der Waals surface area contributed by atoms with Crippen molar-refractivity contribution in [2.24, 2.45) is 0 Å². The Balaban J connectivity index is 2.71. The second-order valence-corrected chi connectivity index (χ2v) is 3.62. The van der Waals surface area contributed by atoms with E-state index in [1.54, 1.807) is 12.1 Å². The fourth-order valence-corrected chi connectivity index (χ4v) is 1.31. The average molecular weight is 256 g/mol. The summed E-state index contributed by atoms with van der Waals surface area (Å²) < 4.78 is 20.8. The Morgan fingerprint density at radius 3 is 1.78 bits per heavy atom. The molecule has 0 aliphatic heterocycles. The van der Waals surface area contributed by atoms with Crippen molar-refractivity contribution in [3.05, 3.63) is 17.7 Å². The summed E-state index contributed by atoms with van der Waals surface area (Å²) in [4.78, 5) is 0. The van der Waals surface area contributed by atoms with Gasteiger partial charge in [0.05, 0.1) is 0 Å². The summed E-state index contributed by atoms with van der Waals surface area (Å²) in [5.74, 6) is 0.643. The minimum atomic E-state index is -0.0417. The summed E-state index contributed by atoms with van der Waals surface area (Å²) >= 11 is 0. The molecule has 0 aliphatic rings. The maximum absolute atomic E-state index is 9.95. The average Bonchev–Trinajstić information content (AvgIpc) is 2.35. The van der Waals surface area contributed by atoms with Crippen LogP contribution in [0.5, 0.6) is 17.2 Å². The highest BCUT2D eigenvalue weighted by Gasteiger charge is 2.11. The van der Waals surface area contributed by atoms with E-state index < -0.39 is 0 Å². The van der Waals surface area contributed by atoms with Gasteiger partial charge in [-0.2, -0.15) is 0 Å². The molecule has 0 saturated heterocycles. The van der Waals surface area contributed by atoms with E-state index in [0.29, 0.717) is 24.7 Å². The van der Waals surface area contributed by atoms with Crippen molar-refractivity contribution in [1.29, 1.82) is 0 Å². The molecule has 0 aliphatic carbocycles. The predicted molar refractivity (Wildman–Crippen MR) is 67.1 cm³/mol. The van der Waals surface area contributed by atoms with Crippen molar-refractivity contribution in [2.75, 3.05) is 26.8 Å². The third-order valence-electron chi connectivity index (χ3n) is 2.19. The minimum Gasteiger partial charge on any atom is -0.502 e. The number of benzene rings is 1. The molecule has 0 radical (unpaired) electrons. The molecule has 0 amide bonds. The summed E-state index contributed by atoms with van der Waals surface area (Å²) in [6.45, 7) is 6.93. The number of hydrogen-bond donors (Lipinski definition) is 1. The van der Waals surface area contributed by atoms with E-state index in [2.05, 4.69) is 0 Å². The van der Waals surface area contributed by atoms with Crippen LogP contribution in [0.4, 0.5) is 0 Å². The van der Waals surface area contributed by atoms with Crippen LogP contribution in [0, 0.1) is 6.92 Å². The number of hydrogen-bond acceptors (Lipinski definition) is 5. The van der Waals surface area contributed by atoms with Crippen LogP contribution in [-0.4, -0.2) is 31.9 Å². The van der Waals surface area contributed by atoms with E-state index >= 15 is 0 Å². The van der Waals surface area contributed by atoms with E-state index in [1.165, 1.54) is 0 Å². The molecule has 0 unspecified atom stereocenters. The second kappa shape index (κ2) is 7.79. The van der Waals surface area contributed by atoms with Gasteiger partial charge in [0.2, 0.25) is 5.75 Å². The van der Waals surface area contributed by atoms with E-state index in [9.17, 15) is 5.11 Å². The van der Waals surface area contributed by atoms with Gasteiger partial charge in [-0.05, 0) is 38.5 Å². The summed E-state index contributed by atoms with van der Waals surface area (Å²) in [5.41, 5.74) is 0.922. The number of rotatable bonds is 8. The maximum atomic E-state index is 9.95. The van der Waals surface area contributed by atoms with Crippen molar-refractivity contribution in [1.82, 2.24) is 0 Å². The molecular formula is C13H20O5. The molecule has 0 saturated carbocycles. The van der Waals surface area contributed by atoms with Gasteiger partial charge in [-0.25, -0.2) is 0 Å². The van der Waals surface area contributed by atoms with Crippen molar-refractivity contribution >= 4 is 0 Å². The second-order valence-electron chi connectivity index (χ2n) is 3.62. The van der Waals surface area contributed by atoms with Crippen LogP contribution in [0.1, 0.15) is 19.4 Å². The monoisotopic (exact) mass is 256 g/mol. The normalized spacial score (nSPS) is 10.4. The smallest absolute Gasteiger partial charge is 0.201 e. The summed E-state index contributed by atoms with van der Waals surface area (Å²) in [6, 6.07) is 3.45. The van der Waals surface area contributed by atoms with Gasteiger partial charge in [0.1, 0.15) is 0 Å². The Morgan fingerprint density at radius 2 is 1.39 bits per heavy atom. The topological polar surface area (TPSA) is 57.2 Å². The van der Waals surface area contributed by atoms with Crippen LogP contribution >= 0.6 is 0 Å². The molecule has 0 spiro atoms. The zero-order chi connectivity index (χ0) is 13.4. The Morgan fingerprint density at radius 1 is 0.944 bits per heavy atom. The lowest BCUT2D eigenvalue weighted by atomic mass is 10.2. The van der Waals surface area contributed by atoms with Crippen LogP contribution in [0.2, 0.25) is 0 Å². The molecule has 0 aromatic heterocycles. The predicted octanol–water partition coefficient (Wildman–Crippen LogP) is 2.45. The van der Waals surface area contributed by atoms with Crippen LogP contribution in [-0.2, 0) is 9.47 Å². The lowest BCUT2D eigenvalue weighted by molar-refractivity contribution is 0.0152. The summed E-state index contributed by atoms with van der Waals surface area (Å²) in [6.07, 6.45) is 0. The van der Waals surface area contributed by atoms with Gasteiger partial charge >= 0.3 is 0 Å². The Hall–Kier alpha value is -1.46. The molecule has 1 N–H and O–H groups in total. The van der Waals surface area contributed by atoms with Gasteiger partial charge in [-0.3, -0.25) is 0 Å². The van der Waals surface area contributed by atoms with Crippen LogP contribution in [0.15, 0.2) is 12.1 Å². The van der Waals surface area contributed by atoms with Crippen molar-refractivity contribution < 1.29 is 24.1 Å². The molecule has 1 rings (SSSR count). The third-order valence-corrected chi connectivity index (χ3v) is 2.19.